The zero-order chi connectivity index (χ0) is 9.03. The summed E-state index contributed by atoms with van der Waals surface area (Å²) in [5, 5.41) is 3.46. The number of nitrogens with zero attached hydrogens (tertiary/aromatic N) is 1. The summed E-state index contributed by atoms with van der Waals surface area (Å²) < 4.78 is 0. The van der Waals surface area contributed by atoms with E-state index in [1.807, 2.05) is 13.8 Å². The molecular weight excluding hydrogens is 148 g/mol. The predicted octanol–water partition coefficient (Wildman–Crippen LogP) is 1.47. The highest BCUT2D eigenvalue weighted by Crippen LogP contribution is 2.29. The minimum absolute atomic E-state index is 0.512. The Morgan fingerprint density at radius 2 is 2.00 bits per heavy atom. The van der Waals surface area contributed by atoms with Crippen molar-refractivity contribution in [1.82, 2.24) is 10.2 Å². The van der Waals surface area contributed by atoms with Gasteiger partial charge in [0.05, 0.1) is 0 Å². The molecule has 0 spiro atoms. The first-order valence-electron chi connectivity index (χ1n) is 5.27. The molecule has 0 saturated carbocycles. The molecule has 2 aliphatic heterocycles. The van der Waals surface area contributed by atoms with Crippen molar-refractivity contribution in [3.05, 3.63) is 0 Å². The molecule has 2 heterocycles. The molecule has 2 heteroatoms. The molecule has 72 valence electrons. The number of nitrogens with one attached hydrogen (secondary N) is 1. The van der Waals surface area contributed by atoms with Crippen molar-refractivity contribution in [2.45, 2.75) is 39.2 Å². The minimum atomic E-state index is 0.512. The molecule has 0 aromatic heterocycles. The van der Waals surface area contributed by atoms with Crippen LogP contribution >= 0.6 is 0 Å². The lowest BCUT2D eigenvalue weighted by Gasteiger charge is -2.39. The van der Waals surface area contributed by atoms with Gasteiger partial charge in [-0.2, -0.15) is 0 Å². The molecule has 0 aromatic carbocycles. The zero-order valence-electron chi connectivity index (χ0n) is 8.69. The van der Waals surface area contributed by atoms with E-state index in [1.54, 1.807) is 0 Å². The molecule has 2 nitrogen and oxygen atoms in total. The summed E-state index contributed by atoms with van der Waals surface area (Å²) in [5.74, 6) is 0. The maximum absolute atomic E-state index is 3.46. The Bertz CT molecular complexity index is 136. The molecule has 2 fully saturated rings. The van der Waals surface area contributed by atoms with Gasteiger partial charge in [0.2, 0.25) is 0 Å². The van der Waals surface area contributed by atoms with Gasteiger partial charge in [0.1, 0.15) is 0 Å². The van der Waals surface area contributed by atoms with E-state index in [2.05, 4.69) is 17.1 Å². The standard InChI is InChI=1S/C8H16N2.C2H6/c1-8-3-2-5-10(8)6-4-9-7-8;1-2/h9H,2-7H2,1H3;1-2H3/t8-;/m1./s1. The van der Waals surface area contributed by atoms with E-state index in [1.165, 1.54) is 39.0 Å². The minimum Gasteiger partial charge on any atom is -0.314 e. The Morgan fingerprint density at radius 1 is 1.25 bits per heavy atom. The van der Waals surface area contributed by atoms with Crippen LogP contribution in [0.15, 0.2) is 0 Å². The zero-order valence-corrected chi connectivity index (χ0v) is 8.69. The first-order chi connectivity index (χ1) is 5.81. The average molecular weight is 170 g/mol. The van der Waals surface area contributed by atoms with Crippen molar-refractivity contribution in [2.24, 2.45) is 0 Å². The van der Waals surface area contributed by atoms with Crippen molar-refractivity contribution in [2.75, 3.05) is 26.2 Å². The van der Waals surface area contributed by atoms with Crippen LogP contribution in [0.4, 0.5) is 0 Å². The lowest BCUT2D eigenvalue weighted by molar-refractivity contribution is 0.122. The van der Waals surface area contributed by atoms with Gasteiger partial charge < -0.3 is 5.32 Å². The highest BCUT2D eigenvalue weighted by molar-refractivity contribution is 4.96. The summed E-state index contributed by atoms with van der Waals surface area (Å²) in [5.41, 5.74) is 0.512. The lowest BCUT2D eigenvalue weighted by Crippen LogP contribution is -2.55. The predicted molar refractivity (Wildman–Crippen MR) is 53.4 cm³/mol. The van der Waals surface area contributed by atoms with Crippen LogP contribution < -0.4 is 5.32 Å². The van der Waals surface area contributed by atoms with Crippen LogP contribution in [0.1, 0.15) is 33.6 Å². The molecule has 12 heavy (non-hydrogen) atoms. The molecule has 0 unspecified atom stereocenters. The molecule has 0 radical (unpaired) electrons. The first-order valence-corrected chi connectivity index (χ1v) is 5.27. The van der Waals surface area contributed by atoms with E-state index < -0.39 is 0 Å². The van der Waals surface area contributed by atoms with Crippen LogP contribution in [0.2, 0.25) is 0 Å². The van der Waals surface area contributed by atoms with Gasteiger partial charge in [0.15, 0.2) is 0 Å². The third-order valence-electron chi connectivity index (χ3n) is 2.97. The molecule has 0 aliphatic carbocycles. The normalized spacial score (nSPS) is 35.2. The van der Waals surface area contributed by atoms with E-state index in [0.29, 0.717) is 5.54 Å². The Kier molecular flexibility index (Phi) is 3.53. The van der Waals surface area contributed by atoms with Crippen LogP contribution in [-0.2, 0) is 0 Å². The Hall–Kier alpha value is -0.0800. The van der Waals surface area contributed by atoms with Crippen molar-refractivity contribution >= 4 is 0 Å². The molecule has 1 N–H and O–H groups in total. The van der Waals surface area contributed by atoms with Crippen LogP contribution in [0, 0.1) is 0 Å². The third-order valence-corrected chi connectivity index (χ3v) is 2.97. The molecule has 2 saturated heterocycles. The summed E-state index contributed by atoms with van der Waals surface area (Å²) in [6.45, 7) is 11.4. The van der Waals surface area contributed by atoms with E-state index in [9.17, 15) is 0 Å². The van der Waals surface area contributed by atoms with E-state index >= 15 is 0 Å². The van der Waals surface area contributed by atoms with Crippen molar-refractivity contribution in [3.63, 3.8) is 0 Å². The second-order valence-electron chi connectivity index (χ2n) is 3.76. The quantitative estimate of drug-likeness (QED) is 0.592. The number of hydrogen-bond donors (Lipinski definition) is 1. The topological polar surface area (TPSA) is 15.3 Å². The molecule has 1 atom stereocenters. The van der Waals surface area contributed by atoms with Gasteiger partial charge in [0.25, 0.3) is 0 Å². The molecule has 0 bridgehead atoms. The summed E-state index contributed by atoms with van der Waals surface area (Å²) in [7, 11) is 0. The monoisotopic (exact) mass is 170 g/mol. The smallest absolute Gasteiger partial charge is 0.0306 e. The largest absolute Gasteiger partial charge is 0.314 e. The number of hydrogen-bond acceptors (Lipinski definition) is 2. The van der Waals surface area contributed by atoms with E-state index in [0.717, 1.165) is 0 Å². The van der Waals surface area contributed by atoms with Crippen LogP contribution in [-0.4, -0.2) is 36.6 Å². The van der Waals surface area contributed by atoms with Gasteiger partial charge in [-0.1, -0.05) is 13.8 Å². The van der Waals surface area contributed by atoms with Gasteiger partial charge >= 0.3 is 0 Å². The fraction of sp³-hybridized carbons (Fsp3) is 1.00. The van der Waals surface area contributed by atoms with Crippen molar-refractivity contribution in [1.29, 1.82) is 0 Å². The van der Waals surface area contributed by atoms with Gasteiger partial charge in [0, 0.05) is 25.2 Å². The maximum atomic E-state index is 3.46. The van der Waals surface area contributed by atoms with Crippen LogP contribution in [0.3, 0.4) is 0 Å². The highest BCUT2D eigenvalue weighted by atomic mass is 15.3. The molecule has 0 amide bonds. The van der Waals surface area contributed by atoms with Crippen molar-refractivity contribution in [3.8, 4) is 0 Å². The summed E-state index contributed by atoms with van der Waals surface area (Å²) in [6.07, 6.45) is 2.79. The summed E-state index contributed by atoms with van der Waals surface area (Å²) in [4.78, 5) is 2.63. The van der Waals surface area contributed by atoms with Crippen LogP contribution in [0.5, 0.6) is 0 Å². The second-order valence-corrected chi connectivity index (χ2v) is 3.76. The molecule has 2 aliphatic rings. The van der Waals surface area contributed by atoms with Gasteiger partial charge in [-0.15, -0.1) is 0 Å². The summed E-state index contributed by atoms with van der Waals surface area (Å²) >= 11 is 0. The SMILES string of the molecule is CC.C[C@]12CCCN1CCNC2. The fourth-order valence-corrected chi connectivity index (χ4v) is 2.23. The Labute approximate surface area is 76.3 Å². The molecule has 2 rings (SSSR count). The second kappa shape index (κ2) is 4.24. The van der Waals surface area contributed by atoms with Crippen LogP contribution in [0.25, 0.3) is 0 Å². The van der Waals surface area contributed by atoms with Gasteiger partial charge in [-0.25, -0.2) is 0 Å². The molecular formula is C10H22N2. The Morgan fingerprint density at radius 3 is 2.67 bits per heavy atom. The molecule has 0 aromatic rings. The van der Waals surface area contributed by atoms with Gasteiger partial charge in [-0.3, -0.25) is 4.90 Å². The maximum Gasteiger partial charge on any atom is 0.0306 e. The average Bonchev–Trinajstić information content (AvgIpc) is 2.49. The fourth-order valence-electron chi connectivity index (χ4n) is 2.23. The van der Waals surface area contributed by atoms with E-state index in [-0.39, 0.29) is 0 Å². The number of piperazine rings is 1. The van der Waals surface area contributed by atoms with E-state index in [4.69, 9.17) is 0 Å². The lowest BCUT2D eigenvalue weighted by atomic mass is 9.97. The highest BCUT2D eigenvalue weighted by Gasteiger charge is 2.37. The summed E-state index contributed by atoms with van der Waals surface area (Å²) in [6, 6.07) is 0. The number of fused-ring (bicyclic) bond motifs is 1. The van der Waals surface area contributed by atoms with Crippen molar-refractivity contribution < 1.29 is 0 Å². The Balaban J connectivity index is 0.000000336. The third kappa shape index (κ3) is 1.80. The van der Waals surface area contributed by atoms with Gasteiger partial charge in [-0.05, 0) is 26.3 Å². The number of rotatable bonds is 0. The first kappa shape index (κ1) is 10.0.